The third-order valence-electron chi connectivity index (χ3n) is 4.45. The van der Waals surface area contributed by atoms with Gasteiger partial charge in [-0.1, -0.05) is 0 Å². The molecule has 2 saturated heterocycles. The fraction of sp³-hybridized carbons (Fsp3) is 0.647. The number of aryl methyl sites for hydroxylation is 1. The number of amides is 3. The van der Waals surface area contributed by atoms with E-state index in [-0.39, 0.29) is 24.1 Å². The third-order valence-corrected chi connectivity index (χ3v) is 5.45. The summed E-state index contributed by atoms with van der Waals surface area (Å²) >= 11 is 1.50. The van der Waals surface area contributed by atoms with Gasteiger partial charge in [0.25, 0.3) is 5.91 Å². The average molecular weight is 367 g/mol. The van der Waals surface area contributed by atoms with Crippen molar-refractivity contribution in [3.63, 3.8) is 0 Å². The molecule has 2 aliphatic heterocycles. The van der Waals surface area contributed by atoms with Crippen molar-refractivity contribution in [2.24, 2.45) is 0 Å². The van der Waals surface area contributed by atoms with Gasteiger partial charge in [-0.05, 0) is 31.9 Å². The van der Waals surface area contributed by atoms with Gasteiger partial charge in [0, 0.05) is 30.6 Å². The molecule has 25 heavy (non-hydrogen) atoms. The van der Waals surface area contributed by atoms with Gasteiger partial charge in [0.15, 0.2) is 0 Å². The monoisotopic (exact) mass is 367 g/mol. The molecule has 0 spiro atoms. The summed E-state index contributed by atoms with van der Waals surface area (Å²) in [7, 11) is 0. The summed E-state index contributed by atoms with van der Waals surface area (Å²) in [5.74, 6) is -0.0181. The van der Waals surface area contributed by atoms with Gasteiger partial charge >= 0.3 is 6.03 Å². The Morgan fingerprint density at radius 3 is 2.72 bits per heavy atom. The Morgan fingerprint density at radius 2 is 2.08 bits per heavy atom. The lowest BCUT2D eigenvalue weighted by atomic mass is 10.1. The van der Waals surface area contributed by atoms with Crippen LogP contribution >= 0.6 is 11.3 Å². The lowest BCUT2D eigenvalue weighted by Gasteiger charge is -2.33. The zero-order valence-electron chi connectivity index (χ0n) is 14.5. The number of carbonyl (C=O) groups is 2. The van der Waals surface area contributed by atoms with Gasteiger partial charge in [-0.25, -0.2) is 4.79 Å². The first-order valence-electron chi connectivity index (χ1n) is 8.71. The highest BCUT2D eigenvalue weighted by atomic mass is 32.1. The Labute approximate surface area is 151 Å². The van der Waals surface area contributed by atoms with Crippen molar-refractivity contribution in [2.45, 2.75) is 31.9 Å². The molecule has 0 bridgehead atoms. The van der Waals surface area contributed by atoms with Crippen molar-refractivity contribution in [3.05, 3.63) is 21.9 Å². The molecule has 2 N–H and O–H groups in total. The molecule has 8 heteroatoms. The maximum Gasteiger partial charge on any atom is 0.317 e. The van der Waals surface area contributed by atoms with Crippen molar-refractivity contribution in [1.29, 1.82) is 0 Å². The summed E-state index contributed by atoms with van der Waals surface area (Å²) in [6.45, 7) is 5.46. The number of nitrogens with zero attached hydrogens (tertiary/aromatic N) is 1. The number of urea groups is 1. The molecule has 1 atom stereocenters. The van der Waals surface area contributed by atoms with Gasteiger partial charge in [-0.15, -0.1) is 11.3 Å². The number of nitrogens with one attached hydrogen (secondary N) is 2. The highest BCUT2D eigenvalue weighted by Gasteiger charge is 2.25. The Bertz CT molecular complexity index is 592. The van der Waals surface area contributed by atoms with Crippen LogP contribution in [0.25, 0.3) is 0 Å². The molecule has 1 aromatic heterocycles. The molecule has 3 amide bonds. The van der Waals surface area contributed by atoms with E-state index in [0.717, 1.165) is 22.6 Å². The highest BCUT2D eigenvalue weighted by Crippen LogP contribution is 2.16. The van der Waals surface area contributed by atoms with Crippen molar-refractivity contribution >= 4 is 23.3 Å². The largest absolute Gasteiger partial charge is 0.376 e. The van der Waals surface area contributed by atoms with Crippen LogP contribution in [0.3, 0.4) is 0 Å². The molecule has 2 fully saturated rings. The molecule has 2 aliphatic rings. The van der Waals surface area contributed by atoms with Crippen molar-refractivity contribution in [3.8, 4) is 0 Å². The zero-order valence-corrected chi connectivity index (χ0v) is 15.3. The number of piperidine rings is 1. The molecule has 0 radical (unpaired) electrons. The summed E-state index contributed by atoms with van der Waals surface area (Å²) in [6.07, 6.45) is 1.47. The second-order valence-corrected chi connectivity index (χ2v) is 7.69. The Morgan fingerprint density at radius 1 is 1.28 bits per heavy atom. The lowest BCUT2D eigenvalue weighted by Crippen LogP contribution is -2.51. The molecule has 0 aromatic carbocycles. The molecular weight excluding hydrogens is 342 g/mol. The first kappa shape index (κ1) is 18.2. The predicted octanol–water partition coefficient (Wildman–Crippen LogP) is 1.38. The Balaban J connectivity index is 1.37. The Hall–Kier alpha value is -1.64. The molecule has 138 valence electrons. The van der Waals surface area contributed by atoms with E-state index in [4.69, 9.17) is 9.47 Å². The van der Waals surface area contributed by atoms with Gasteiger partial charge in [-0.2, -0.15) is 0 Å². The van der Waals surface area contributed by atoms with Crippen LogP contribution < -0.4 is 10.6 Å². The number of hydrogen-bond donors (Lipinski definition) is 2. The average Bonchev–Trinajstić information content (AvgIpc) is 3.08. The minimum atomic E-state index is -0.0761. The third kappa shape index (κ3) is 5.17. The number of thiophene rings is 1. The van der Waals surface area contributed by atoms with E-state index in [1.54, 1.807) is 4.90 Å². The second kappa shape index (κ2) is 8.64. The van der Waals surface area contributed by atoms with Crippen LogP contribution in [0.15, 0.2) is 12.1 Å². The summed E-state index contributed by atoms with van der Waals surface area (Å²) in [5.41, 5.74) is 0. The van der Waals surface area contributed by atoms with Crippen molar-refractivity contribution in [1.82, 2.24) is 15.5 Å². The van der Waals surface area contributed by atoms with E-state index in [0.29, 0.717) is 39.5 Å². The van der Waals surface area contributed by atoms with E-state index in [1.807, 2.05) is 19.1 Å². The van der Waals surface area contributed by atoms with Crippen LogP contribution in [0.1, 0.15) is 27.4 Å². The van der Waals surface area contributed by atoms with Crippen LogP contribution in [0, 0.1) is 6.92 Å². The minimum absolute atomic E-state index is 0.0181. The quantitative estimate of drug-likeness (QED) is 0.843. The maximum atomic E-state index is 12.2. The fourth-order valence-corrected chi connectivity index (χ4v) is 3.78. The van der Waals surface area contributed by atoms with Crippen LogP contribution in [0.4, 0.5) is 4.79 Å². The standard InChI is InChI=1S/C17H25N3O4S/c1-12-2-3-15(25-12)16(21)19-13-4-6-20(7-5-13)17(22)18-10-14-11-23-8-9-24-14/h2-3,13-14H,4-11H2,1H3,(H,18,22)(H,19,21). The molecule has 3 rings (SSSR count). The fourth-order valence-electron chi connectivity index (χ4n) is 3.01. The molecular formula is C17H25N3O4S. The van der Waals surface area contributed by atoms with Crippen LogP contribution in [-0.4, -0.2) is 68.4 Å². The normalized spacial score (nSPS) is 21.8. The smallest absolute Gasteiger partial charge is 0.317 e. The highest BCUT2D eigenvalue weighted by molar-refractivity contribution is 7.13. The molecule has 7 nitrogen and oxygen atoms in total. The SMILES string of the molecule is Cc1ccc(C(=O)NC2CCN(C(=O)NCC3COCCO3)CC2)s1. The van der Waals surface area contributed by atoms with Gasteiger partial charge < -0.3 is 25.0 Å². The number of carbonyl (C=O) groups excluding carboxylic acids is 2. The van der Waals surface area contributed by atoms with Gasteiger partial charge in [0.1, 0.15) is 0 Å². The second-order valence-electron chi connectivity index (χ2n) is 6.40. The lowest BCUT2D eigenvalue weighted by molar-refractivity contribution is -0.0856. The van der Waals surface area contributed by atoms with Crippen LogP contribution in [0.2, 0.25) is 0 Å². The van der Waals surface area contributed by atoms with Gasteiger partial charge in [0.05, 0.1) is 30.8 Å². The van der Waals surface area contributed by atoms with E-state index < -0.39 is 0 Å². The van der Waals surface area contributed by atoms with Crippen LogP contribution in [0.5, 0.6) is 0 Å². The van der Waals surface area contributed by atoms with Crippen molar-refractivity contribution in [2.75, 3.05) is 39.5 Å². The number of hydrogen-bond acceptors (Lipinski definition) is 5. The summed E-state index contributed by atoms with van der Waals surface area (Å²) in [6, 6.07) is 3.85. The van der Waals surface area contributed by atoms with Gasteiger partial charge in [0.2, 0.25) is 0 Å². The number of likely N-dealkylation sites (tertiary alicyclic amines) is 1. The van der Waals surface area contributed by atoms with Crippen molar-refractivity contribution < 1.29 is 19.1 Å². The molecule has 1 unspecified atom stereocenters. The predicted molar refractivity (Wildman–Crippen MR) is 95.1 cm³/mol. The first-order chi connectivity index (χ1) is 12.1. The molecule has 3 heterocycles. The minimum Gasteiger partial charge on any atom is -0.376 e. The first-order valence-corrected chi connectivity index (χ1v) is 9.53. The Kier molecular flexibility index (Phi) is 6.28. The van der Waals surface area contributed by atoms with Gasteiger partial charge in [-0.3, -0.25) is 4.79 Å². The van der Waals surface area contributed by atoms with E-state index >= 15 is 0 Å². The summed E-state index contributed by atoms with van der Waals surface area (Å²) < 4.78 is 10.8. The zero-order chi connectivity index (χ0) is 17.6. The summed E-state index contributed by atoms with van der Waals surface area (Å²) in [5, 5.41) is 5.97. The summed E-state index contributed by atoms with van der Waals surface area (Å²) in [4.78, 5) is 28.1. The maximum absolute atomic E-state index is 12.2. The number of rotatable bonds is 4. The topological polar surface area (TPSA) is 79.9 Å². The van der Waals surface area contributed by atoms with E-state index in [2.05, 4.69) is 10.6 Å². The van der Waals surface area contributed by atoms with Crippen LogP contribution in [-0.2, 0) is 9.47 Å². The molecule has 0 saturated carbocycles. The molecule has 1 aromatic rings. The number of ether oxygens (including phenoxy) is 2. The van der Waals surface area contributed by atoms with E-state index in [9.17, 15) is 9.59 Å². The molecule has 0 aliphatic carbocycles. The van der Waals surface area contributed by atoms with E-state index in [1.165, 1.54) is 11.3 Å².